The summed E-state index contributed by atoms with van der Waals surface area (Å²) in [5.41, 5.74) is 12.7. The number of carbonyl (C=O) groups excluding carboxylic acids is 1. The molecule has 0 radical (unpaired) electrons. The van der Waals surface area contributed by atoms with Crippen molar-refractivity contribution >= 4 is 27.3 Å². The lowest BCUT2D eigenvalue weighted by Gasteiger charge is -2.21. The average Bonchev–Trinajstić information content (AvgIpc) is 3.61. The Morgan fingerprint density at radius 3 is 2.36 bits per heavy atom. The number of nitrogen functional groups attached to an aromatic ring is 1. The Morgan fingerprint density at radius 1 is 1.00 bits per heavy atom. The number of hydrogen-bond donors (Lipinski definition) is 4. The van der Waals surface area contributed by atoms with E-state index >= 15 is 0 Å². The van der Waals surface area contributed by atoms with E-state index in [2.05, 4.69) is 15.1 Å². The fourth-order valence-electron chi connectivity index (χ4n) is 4.57. The van der Waals surface area contributed by atoms with Gasteiger partial charge in [0.2, 0.25) is 10.0 Å². The van der Waals surface area contributed by atoms with Gasteiger partial charge in [-0.3, -0.25) is 4.79 Å². The number of nitrogens with two attached hydrogens (primary N) is 2. The highest BCUT2D eigenvalue weighted by Crippen LogP contribution is 2.33. The number of nitrogens with one attached hydrogen (secondary N) is 2. The molecule has 1 atom stereocenters. The van der Waals surface area contributed by atoms with Gasteiger partial charge in [-0.2, -0.15) is 18.3 Å². The van der Waals surface area contributed by atoms with Gasteiger partial charge in [0.25, 0.3) is 5.91 Å². The molecule has 9 nitrogen and oxygen atoms in total. The summed E-state index contributed by atoms with van der Waals surface area (Å²) in [7, 11) is -3.66. The van der Waals surface area contributed by atoms with E-state index in [1.165, 1.54) is 6.07 Å². The number of nitrogens with zero attached hydrogens (tertiary/aromatic N) is 2. The number of benzene rings is 3. The number of anilines is 2. The van der Waals surface area contributed by atoms with E-state index in [1.54, 1.807) is 66.7 Å². The van der Waals surface area contributed by atoms with Crippen molar-refractivity contribution in [1.29, 1.82) is 0 Å². The summed E-state index contributed by atoms with van der Waals surface area (Å²) in [5, 5.41) is 6.29. The second kappa shape index (κ2) is 11.6. The molecule has 1 fully saturated rings. The number of aromatic nitrogens is 2. The van der Waals surface area contributed by atoms with Crippen LogP contribution in [0.25, 0.3) is 5.69 Å². The summed E-state index contributed by atoms with van der Waals surface area (Å²) >= 11 is 0. The second-order valence-corrected chi connectivity index (χ2v) is 12.0. The molecule has 5 rings (SSSR count). The molecule has 1 aliphatic carbocycles. The van der Waals surface area contributed by atoms with Gasteiger partial charge in [-0.05, 0) is 71.8 Å². The highest BCUT2D eigenvalue weighted by atomic mass is 32.2. The van der Waals surface area contributed by atoms with Gasteiger partial charge in [0, 0.05) is 24.0 Å². The van der Waals surface area contributed by atoms with E-state index in [0.29, 0.717) is 28.4 Å². The lowest BCUT2D eigenvalue weighted by atomic mass is 9.98. The molecule has 0 spiro atoms. The lowest BCUT2D eigenvalue weighted by molar-refractivity contribution is -0.141. The first-order valence-electron chi connectivity index (χ1n) is 13.2. The molecule has 1 aliphatic rings. The van der Waals surface area contributed by atoms with Crippen LogP contribution in [0.3, 0.4) is 0 Å². The Morgan fingerprint density at radius 2 is 1.69 bits per heavy atom. The standard InChI is InChI=1S/C29H29F3N6O3S/c30-29(31,32)26-15-25(38(36-26)24-9-1-4-19(12-24)16-33)28(39)35-23-8-3-6-21(14-23)27(20-5-2-7-22(34)13-20)37-42(40,41)17-18-10-11-18/h1-9,12-15,18,27,37H,10-11,16-17,33-34H2,(H,35,39). The van der Waals surface area contributed by atoms with Crippen molar-refractivity contribution in [2.75, 3.05) is 16.8 Å². The van der Waals surface area contributed by atoms with E-state index in [0.717, 1.165) is 17.5 Å². The maximum absolute atomic E-state index is 13.6. The fourth-order valence-corrected chi connectivity index (χ4v) is 6.26. The van der Waals surface area contributed by atoms with Crippen molar-refractivity contribution in [2.24, 2.45) is 11.7 Å². The third kappa shape index (κ3) is 6.98. The van der Waals surface area contributed by atoms with Crippen LogP contribution in [-0.4, -0.2) is 29.9 Å². The van der Waals surface area contributed by atoms with Crippen LogP contribution in [0.4, 0.5) is 24.5 Å². The highest BCUT2D eigenvalue weighted by Gasteiger charge is 2.36. The molecule has 1 amide bonds. The molecule has 1 aromatic heterocycles. The molecule has 1 heterocycles. The highest BCUT2D eigenvalue weighted by molar-refractivity contribution is 7.89. The molecule has 42 heavy (non-hydrogen) atoms. The third-order valence-corrected chi connectivity index (χ3v) is 8.30. The molecule has 6 N–H and O–H groups in total. The Bertz CT molecular complexity index is 1720. The molecule has 220 valence electrons. The number of rotatable bonds is 10. The SMILES string of the molecule is NCc1cccc(-n2nc(C(F)(F)F)cc2C(=O)Nc2cccc(C(NS(=O)(=O)CC3CC3)c3cccc(N)c3)c2)c1. The molecule has 1 saturated carbocycles. The van der Waals surface area contributed by atoms with E-state index < -0.39 is 33.8 Å². The maximum atomic E-state index is 13.6. The predicted molar refractivity (Wildman–Crippen MR) is 153 cm³/mol. The number of sulfonamides is 1. The van der Waals surface area contributed by atoms with Gasteiger partial charge in [-0.25, -0.2) is 17.8 Å². The summed E-state index contributed by atoms with van der Waals surface area (Å²) < 4.78 is 70.3. The van der Waals surface area contributed by atoms with Crippen LogP contribution in [0.15, 0.2) is 78.9 Å². The zero-order valence-electron chi connectivity index (χ0n) is 22.3. The summed E-state index contributed by atoms with van der Waals surface area (Å²) in [6.07, 6.45) is -3.07. The van der Waals surface area contributed by atoms with Crippen LogP contribution >= 0.6 is 0 Å². The molecule has 0 saturated heterocycles. The normalized spacial score (nSPS) is 14.5. The predicted octanol–water partition coefficient (Wildman–Crippen LogP) is 4.60. The first-order chi connectivity index (χ1) is 19.9. The minimum absolute atomic E-state index is 0.000866. The largest absolute Gasteiger partial charge is 0.435 e. The van der Waals surface area contributed by atoms with Crippen molar-refractivity contribution in [3.63, 3.8) is 0 Å². The molecular weight excluding hydrogens is 569 g/mol. The zero-order chi connectivity index (χ0) is 30.1. The Labute approximate surface area is 240 Å². The van der Waals surface area contributed by atoms with Gasteiger partial charge in [-0.1, -0.05) is 36.4 Å². The number of amides is 1. The minimum Gasteiger partial charge on any atom is -0.399 e. The summed E-state index contributed by atoms with van der Waals surface area (Å²) in [4.78, 5) is 13.4. The summed E-state index contributed by atoms with van der Waals surface area (Å²) in [5.74, 6) is -0.728. The van der Waals surface area contributed by atoms with E-state index in [1.807, 2.05) is 0 Å². The topological polar surface area (TPSA) is 145 Å². The number of carbonyl (C=O) groups is 1. The fraction of sp³-hybridized carbons (Fsp3) is 0.241. The van der Waals surface area contributed by atoms with Gasteiger partial charge >= 0.3 is 6.18 Å². The molecule has 0 aliphatic heterocycles. The van der Waals surface area contributed by atoms with Crippen molar-refractivity contribution in [2.45, 2.75) is 31.6 Å². The van der Waals surface area contributed by atoms with Crippen LogP contribution in [0.5, 0.6) is 0 Å². The Balaban J connectivity index is 1.48. The zero-order valence-corrected chi connectivity index (χ0v) is 23.1. The second-order valence-electron chi connectivity index (χ2n) is 10.2. The summed E-state index contributed by atoms with van der Waals surface area (Å²) in [6, 6.07) is 19.4. The van der Waals surface area contributed by atoms with Gasteiger partial charge < -0.3 is 16.8 Å². The van der Waals surface area contributed by atoms with E-state index in [9.17, 15) is 26.4 Å². The quantitative estimate of drug-likeness (QED) is 0.196. The monoisotopic (exact) mass is 598 g/mol. The lowest BCUT2D eigenvalue weighted by Crippen LogP contribution is -2.32. The molecular formula is C29H29F3N6O3S. The molecule has 0 bridgehead atoms. The van der Waals surface area contributed by atoms with E-state index in [-0.39, 0.29) is 35.3 Å². The first-order valence-corrected chi connectivity index (χ1v) is 14.8. The molecule has 3 aromatic carbocycles. The van der Waals surface area contributed by atoms with Crippen LogP contribution in [-0.2, 0) is 22.7 Å². The smallest absolute Gasteiger partial charge is 0.399 e. The van der Waals surface area contributed by atoms with Crippen LogP contribution in [0, 0.1) is 5.92 Å². The van der Waals surface area contributed by atoms with Crippen molar-refractivity contribution in [1.82, 2.24) is 14.5 Å². The van der Waals surface area contributed by atoms with Gasteiger partial charge in [0.15, 0.2) is 5.69 Å². The van der Waals surface area contributed by atoms with Crippen LogP contribution in [0.2, 0.25) is 0 Å². The molecule has 13 heteroatoms. The molecule has 1 unspecified atom stereocenters. The number of alkyl halides is 3. The Kier molecular flexibility index (Phi) is 8.08. The van der Waals surface area contributed by atoms with Crippen molar-refractivity contribution < 1.29 is 26.4 Å². The first kappa shape index (κ1) is 29.3. The maximum Gasteiger partial charge on any atom is 0.435 e. The van der Waals surface area contributed by atoms with Gasteiger partial charge in [0.05, 0.1) is 17.5 Å². The van der Waals surface area contributed by atoms with Gasteiger partial charge in [-0.15, -0.1) is 0 Å². The van der Waals surface area contributed by atoms with E-state index in [4.69, 9.17) is 11.5 Å². The number of hydrogen-bond acceptors (Lipinski definition) is 6. The van der Waals surface area contributed by atoms with Crippen molar-refractivity contribution in [3.8, 4) is 5.69 Å². The average molecular weight is 599 g/mol. The number of halogens is 3. The third-order valence-electron chi connectivity index (χ3n) is 6.79. The van der Waals surface area contributed by atoms with Crippen molar-refractivity contribution in [3.05, 3.63) is 107 Å². The van der Waals surface area contributed by atoms with Crippen LogP contribution < -0.4 is 21.5 Å². The summed E-state index contributed by atoms with van der Waals surface area (Å²) in [6.45, 7) is 0.147. The minimum atomic E-state index is -4.78. The van der Waals surface area contributed by atoms with Gasteiger partial charge in [0.1, 0.15) is 5.69 Å². The Hall–Kier alpha value is -4.20. The van der Waals surface area contributed by atoms with Crippen LogP contribution in [0.1, 0.15) is 51.8 Å². The molecule has 4 aromatic rings.